The van der Waals surface area contributed by atoms with Crippen molar-refractivity contribution in [1.82, 2.24) is 10.2 Å². The number of benzene rings is 1. The minimum absolute atomic E-state index is 0.0529. The maximum absolute atomic E-state index is 13.6. The number of methoxy groups -OCH3 is 1. The Bertz CT molecular complexity index is 566. The van der Waals surface area contributed by atoms with E-state index in [1.165, 1.54) is 19.2 Å². The topological polar surface area (TPSA) is 65.2 Å². The molecule has 0 aliphatic rings. The lowest BCUT2D eigenvalue weighted by molar-refractivity contribution is 0.0556. The Morgan fingerprint density at radius 2 is 2.18 bits per heavy atom. The maximum atomic E-state index is 13.6. The summed E-state index contributed by atoms with van der Waals surface area (Å²) in [5.41, 5.74) is 0.928. The molecule has 0 unspecified atom stereocenters. The third kappa shape index (κ3) is 2.15. The fourth-order valence-electron chi connectivity index (χ4n) is 1.30. The van der Waals surface area contributed by atoms with E-state index in [2.05, 4.69) is 14.9 Å². The Labute approximate surface area is 96.2 Å². The largest absolute Gasteiger partial charge is 0.462 e. The maximum Gasteiger partial charge on any atom is 0.396 e. The van der Waals surface area contributed by atoms with Gasteiger partial charge in [0, 0.05) is 0 Å². The summed E-state index contributed by atoms with van der Waals surface area (Å²) < 4.78 is 23.0. The number of esters is 1. The second-order valence-corrected chi connectivity index (χ2v) is 3.39. The van der Waals surface area contributed by atoms with Crippen molar-refractivity contribution < 1.29 is 18.3 Å². The van der Waals surface area contributed by atoms with Crippen LogP contribution in [0.1, 0.15) is 16.2 Å². The molecule has 0 radical (unpaired) electrons. The molecular weight excluding hydrogens is 227 g/mol. The number of hydrogen-bond donors (Lipinski definition) is 0. The third-order valence-electron chi connectivity index (χ3n) is 2.14. The van der Waals surface area contributed by atoms with Crippen molar-refractivity contribution in [1.29, 1.82) is 0 Å². The highest BCUT2D eigenvalue weighted by molar-refractivity contribution is 5.84. The van der Waals surface area contributed by atoms with E-state index in [0.717, 1.165) is 5.56 Å². The van der Waals surface area contributed by atoms with Gasteiger partial charge in [-0.1, -0.05) is 6.07 Å². The third-order valence-corrected chi connectivity index (χ3v) is 2.14. The number of carbonyl (C=O) groups excluding carboxylic acids is 1. The summed E-state index contributed by atoms with van der Waals surface area (Å²) in [6, 6.07) is 4.57. The Kier molecular flexibility index (Phi) is 2.86. The van der Waals surface area contributed by atoms with E-state index in [1.54, 1.807) is 13.0 Å². The van der Waals surface area contributed by atoms with Gasteiger partial charge in [0.1, 0.15) is 5.82 Å². The van der Waals surface area contributed by atoms with Gasteiger partial charge in [0.2, 0.25) is 0 Å². The van der Waals surface area contributed by atoms with Gasteiger partial charge in [-0.3, -0.25) is 0 Å². The monoisotopic (exact) mass is 236 g/mol. The number of nitrogens with zero attached hydrogens (tertiary/aromatic N) is 2. The summed E-state index contributed by atoms with van der Waals surface area (Å²) in [6.45, 7) is 1.76. The first-order valence-corrected chi connectivity index (χ1v) is 4.80. The minimum Gasteiger partial charge on any atom is -0.462 e. The van der Waals surface area contributed by atoms with Crippen molar-refractivity contribution in [2.75, 3.05) is 7.11 Å². The van der Waals surface area contributed by atoms with E-state index in [9.17, 15) is 9.18 Å². The molecule has 0 bridgehead atoms. The van der Waals surface area contributed by atoms with Crippen LogP contribution >= 0.6 is 0 Å². The molecule has 0 amide bonds. The number of carbonyl (C=O) groups is 1. The molecule has 1 aromatic heterocycles. The van der Waals surface area contributed by atoms with E-state index in [1.807, 2.05) is 0 Å². The van der Waals surface area contributed by atoms with Gasteiger partial charge in [0.15, 0.2) is 0 Å². The van der Waals surface area contributed by atoms with E-state index in [-0.39, 0.29) is 17.3 Å². The standard InChI is InChI=1S/C11H9FN2O3/c1-6-3-4-7(8(12)5-6)9-13-14-10(17-9)11(15)16-2/h3-5H,1-2H3. The Balaban J connectivity index is 2.40. The molecule has 17 heavy (non-hydrogen) atoms. The molecule has 0 aliphatic heterocycles. The lowest BCUT2D eigenvalue weighted by Gasteiger charge is -1.98. The second-order valence-electron chi connectivity index (χ2n) is 3.39. The van der Waals surface area contributed by atoms with E-state index in [4.69, 9.17) is 4.42 Å². The molecule has 0 saturated heterocycles. The molecule has 2 rings (SSSR count). The van der Waals surface area contributed by atoms with Crippen molar-refractivity contribution >= 4 is 5.97 Å². The fourth-order valence-corrected chi connectivity index (χ4v) is 1.30. The summed E-state index contributed by atoms with van der Waals surface area (Å²) in [6.07, 6.45) is 0. The van der Waals surface area contributed by atoms with Crippen molar-refractivity contribution in [3.8, 4) is 11.5 Å². The van der Waals surface area contributed by atoms with Crippen LogP contribution in [0.2, 0.25) is 0 Å². The van der Waals surface area contributed by atoms with Crippen molar-refractivity contribution in [2.45, 2.75) is 6.92 Å². The van der Waals surface area contributed by atoms with Gasteiger partial charge in [-0.15, -0.1) is 10.2 Å². The number of aromatic nitrogens is 2. The molecule has 6 heteroatoms. The first-order valence-electron chi connectivity index (χ1n) is 4.80. The SMILES string of the molecule is COC(=O)c1nnc(-c2ccc(C)cc2F)o1. The van der Waals surface area contributed by atoms with Crippen LogP contribution in [0.5, 0.6) is 0 Å². The van der Waals surface area contributed by atoms with Crippen molar-refractivity contribution in [2.24, 2.45) is 0 Å². The van der Waals surface area contributed by atoms with Crippen LogP contribution in [0, 0.1) is 12.7 Å². The van der Waals surface area contributed by atoms with Crippen LogP contribution in [0.4, 0.5) is 4.39 Å². The Morgan fingerprint density at radius 3 is 2.82 bits per heavy atom. The van der Waals surface area contributed by atoms with Gasteiger partial charge in [-0.25, -0.2) is 9.18 Å². The lowest BCUT2D eigenvalue weighted by atomic mass is 10.1. The molecule has 2 aromatic rings. The Hall–Kier alpha value is -2.24. The molecular formula is C11H9FN2O3. The van der Waals surface area contributed by atoms with Crippen LogP contribution < -0.4 is 0 Å². The highest BCUT2D eigenvalue weighted by Crippen LogP contribution is 2.22. The molecule has 0 aliphatic carbocycles. The zero-order valence-electron chi connectivity index (χ0n) is 9.23. The van der Waals surface area contributed by atoms with Gasteiger partial charge in [-0.05, 0) is 24.6 Å². The van der Waals surface area contributed by atoms with Gasteiger partial charge < -0.3 is 9.15 Å². The van der Waals surface area contributed by atoms with Gasteiger partial charge in [-0.2, -0.15) is 0 Å². The summed E-state index contributed by atoms with van der Waals surface area (Å²) in [5, 5.41) is 7.06. The highest BCUT2D eigenvalue weighted by atomic mass is 19.1. The predicted octanol–water partition coefficient (Wildman–Crippen LogP) is 1.97. The first-order chi connectivity index (χ1) is 8.11. The molecule has 1 aromatic carbocycles. The number of aryl methyl sites for hydroxylation is 1. The van der Waals surface area contributed by atoms with Crippen molar-refractivity contribution in [3.05, 3.63) is 35.5 Å². The molecule has 1 heterocycles. The van der Waals surface area contributed by atoms with Gasteiger partial charge >= 0.3 is 11.9 Å². The first kappa shape index (κ1) is 11.3. The molecule has 0 saturated carbocycles. The van der Waals surface area contributed by atoms with Crippen LogP contribution in [0.25, 0.3) is 11.5 Å². The molecule has 0 N–H and O–H groups in total. The quantitative estimate of drug-likeness (QED) is 0.746. The normalized spacial score (nSPS) is 10.3. The smallest absolute Gasteiger partial charge is 0.396 e. The molecule has 5 nitrogen and oxygen atoms in total. The summed E-state index contributed by atoms with van der Waals surface area (Å²) in [5.74, 6) is -1.59. The molecule has 0 spiro atoms. The zero-order chi connectivity index (χ0) is 12.4. The average molecular weight is 236 g/mol. The lowest BCUT2D eigenvalue weighted by Crippen LogP contribution is -2.00. The second kappa shape index (κ2) is 4.32. The van der Waals surface area contributed by atoms with Crippen LogP contribution in [-0.4, -0.2) is 23.3 Å². The molecule has 88 valence electrons. The fraction of sp³-hybridized carbons (Fsp3) is 0.182. The van der Waals surface area contributed by atoms with Gasteiger partial charge in [0.05, 0.1) is 12.7 Å². The summed E-state index contributed by atoms with van der Waals surface area (Å²) in [7, 11) is 1.19. The number of ether oxygens (including phenoxy) is 1. The van der Waals surface area contributed by atoms with Crippen molar-refractivity contribution in [3.63, 3.8) is 0 Å². The summed E-state index contributed by atoms with van der Waals surface area (Å²) in [4.78, 5) is 11.1. The Morgan fingerprint density at radius 1 is 1.41 bits per heavy atom. The van der Waals surface area contributed by atoms with Crippen LogP contribution in [0.15, 0.2) is 22.6 Å². The molecule has 0 atom stereocenters. The van der Waals surface area contributed by atoms with Crippen LogP contribution in [0.3, 0.4) is 0 Å². The minimum atomic E-state index is -0.753. The number of hydrogen-bond acceptors (Lipinski definition) is 5. The van der Waals surface area contributed by atoms with Gasteiger partial charge in [0.25, 0.3) is 5.89 Å². The van der Waals surface area contributed by atoms with E-state index in [0.29, 0.717) is 0 Å². The zero-order valence-corrected chi connectivity index (χ0v) is 9.23. The number of halogens is 1. The molecule has 0 fully saturated rings. The van der Waals surface area contributed by atoms with Crippen LogP contribution in [-0.2, 0) is 4.74 Å². The average Bonchev–Trinajstić information content (AvgIpc) is 2.77. The predicted molar refractivity (Wildman–Crippen MR) is 55.8 cm³/mol. The van der Waals surface area contributed by atoms with E-state index < -0.39 is 11.8 Å². The highest BCUT2D eigenvalue weighted by Gasteiger charge is 2.18. The number of rotatable bonds is 2. The summed E-state index contributed by atoms with van der Waals surface area (Å²) >= 11 is 0. The van der Waals surface area contributed by atoms with E-state index >= 15 is 0 Å².